The summed E-state index contributed by atoms with van der Waals surface area (Å²) in [5.41, 5.74) is 7.61. The summed E-state index contributed by atoms with van der Waals surface area (Å²) in [6.45, 7) is 4.70. The minimum absolute atomic E-state index is 0.289. The van der Waals surface area contributed by atoms with Crippen LogP contribution in [0.3, 0.4) is 0 Å². The molecule has 2 N–H and O–H groups in total. The lowest BCUT2D eigenvalue weighted by Crippen LogP contribution is -2.46. The molecule has 0 spiro atoms. The molecule has 3 rings (SSSR count). The van der Waals surface area contributed by atoms with E-state index in [2.05, 4.69) is 0 Å². The van der Waals surface area contributed by atoms with E-state index in [1.807, 2.05) is 38.1 Å². The molecule has 136 valence electrons. The maximum Gasteiger partial charge on any atom is 0.259 e. The Morgan fingerprint density at radius 2 is 1.77 bits per heavy atom. The highest BCUT2D eigenvalue weighted by Crippen LogP contribution is 2.35. The average Bonchev–Trinajstić information content (AvgIpc) is 3.03. The number of ether oxygens (including phenoxy) is 2. The topological polar surface area (TPSA) is 81.9 Å². The second-order valence-electron chi connectivity index (χ2n) is 5.95. The molecule has 26 heavy (non-hydrogen) atoms. The number of para-hydroxylation sites is 1. The fraction of sp³-hybridized carbons (Fsp3) is 0.300. The van der Waals surface area contributed by atoms with Crippen molar-refractivity contribution in [3.05, 3.63) is 53.6 Å². The second kappa shape index (κ2) is 7.47. The number of amides is 2. The minimum Gasteiger partial charge on any atom is -0.490 e. The van der Waals surface area contributed by atoms with Gasteiger partial charge >= 0.3 is 0 Å². The molecule has 0 saturated heterocycles. The number of carbonyl (C=O) groups excluding carboxylic acids is 2. The van der Waals surface area contributed by atoms with Gasteiger partial charge < -0.3 is 15.2 Å². The van der Waals surface area contributed by atoms with Gasteiger partial charge in [0.25, 0.3) is 5.91 Å². The van der Waals surface area contributed by atoms with E-state index in [0.717, 1.165) is 5.56 Å². The van der Waals surface area contributed by atoms with Crippen molar-refractivity contribution in [3.63, 3.8) is 0 Å². The first-order valence-electron chi connectivity index (χ1n) is 8.67. The third-order valence-corrected chi connectivity index (χ3v) is 4.31. The van der Waals surface area contributed by atoms with Crippen molar-refractivity contribution in [3.8, 4) is 11.5 Å². The first-order valence-corrected chi connectivity index (χ1v) is 8.67. The van der Waals surface area contributed by atoms with E-state index in [1.54, 1.807) is 18.2 Å². The van der Waals surface area contributed by atoms with Crippen LogP contribution in [0.15, 0.2) is 42.5 Å². The van der Waals surface area contributed by atoms with Crippen LogP contribution < -0.4 is 20.1 Å². The predicted octanol–water partition coefficient (Wildman–Crippen LogP) is 2.54. The molecule has 0 radical (unpaired) electrons. The summed E-state index contributed by atoms with van der Waals surface area (Å²) < 4.78 is 11.1. The summed E-state index contributed by atoms with van der Waals surface area (Å²) in [5.74, 6) is 0.274. The normalized spacial score (nSPS) is 15.5. The number of primary amides is 1. The van der Waals surface area contributed by atoms with E-state index in [4.69, 9.17) is 15.2 Å². The maximum absolute atomic E-state index is 13.2. The Morgan fingerprint density at radius 1 is 1.08 bits per heavy atom. The molecule has 0 fully saturated rings. The summed E-state index contributed by atoms with van der Waals surface area (Å²) in [6.07, 6.45) is 0.423. The highest BCUT2D eigenvalue weighted by atomic mass is 16.5. The molecule has 1 aliphatic heterocycles. The molecule has 0 aromatic heterocycles. The van der Waals surface area contributed by atoms with Gasteiger partial charge in [-0.05, 0) is 43.7 Å². The van der Waals surface area contributed by atoms with Gasteiger partial charge in [0.1, 0.15) is 6.04 Å². The first-order chi connectivity index (χ1) is 12.6. The Morgan fingerprint density at radius 3 is 2.46 bits per heavy atom. The summed E-state index contributed by atoms with van der Waals surface area (Å²) >= 11 is 0. The standard InChI is InChI=1S/C20H22N2O4/c1-3-25-17-10-9-14(12-18(17)26-4-2)20(24)22-15-8-6-5-7-13(15)11-16(22)19(21)23/h5-10,12,16H,3-4,11H2,1-2H3,(H2,21,23)/t16-/m0/s1. The number of anilines is 1. The number of hydrogen-bond acceptors (Lipinski definition) is 4. The molecule has 6 heteroatoms. The Balaban J connectivity index is 1.99. The lowest BCUT2D eigenvalue weighted by Gasteiger charge is -2.24. The largest absolute Gasteiger partial charge is 0.490 e. The molecule has 0 unspecified atom stereocenters. The van der Waals surface area contributed by atoms with E-state index in [0.29, 0.717) is 42.4 Å². The number of benzene rings is 2. The lowest BCUT2D eigenvalue weighted by atomic mass is 10.1. The Hall–Kier alpha value is -3.02. The zero-order valence-electron chi connectivity index (χ0n) is 14.9. The summed E-state index contributed by atoms with van der Waals surface area (Å²) in [7, 11) is 0. The number of carbonyl (C=O) groups is 2. The molecule has 1 atom stereocenters. The number of nitrogens with two attached hydrogens (primary N) is 1. The van der Waals surface area contributed by atoms with Crippen molar-refractivity contribution in [1.82, 2.24) is 0 Å². The van der Waals surface area contributed by atoms with E-state index in [1.165, 1.54) is 4.90 Å². The monoisotopic (exact) mass is 354 g/mol. The molecule has 2 amide bonds. The van der Waals surface area contributed by atoms with E-state index in [-0.39, 0.29) is 5.91 Å². The highest BCUT2D eigenvalue weighted by Gasteiger charge is 2.37. The summed E-state index contributed by atoms with van der Waals surface area (Å²) in [6, 6.07) is 11.8. The summed E-state index contributed by atoms with van der Waals surface area (Å²) in [5, 5.41) is 0. The SMILES string of the molecule is CCOc1ccc(C(=O)N2c3ccccc3C[C@H]2C(N)=O)cc1OCC. The van der Waals surface area contributed by atoms with Crippen LogP contribution in [0.25, 0.3) is 0 Å². The Bertz CT molecular complexity index is 834. The summed E-state index contributed by atoms with van der Waals surface area (Å²) in [4.78, 5) is 26.6. The van der Waals surface area contributed by atoms with Gasteiger partial charge in [0.05, 0.1) is 13.2 Å². The van der Waals surface area contributed by atoms with Crippen molar-refractivity contribution in [1.29, 1.82) is 0 Å². The fourth-order valence-corrected chi connectivity index (χ4v) is 3.19. The van der Waals surface area contributed by atoms with Gasteiger partial charge in [0, 0.05) is 17.7 Å². The van der Waals surface area contributed by atoms with Crippen molar-refractivity contribution >= 4 is 17.5 Å². The molecule has 0 aliphatic carbocycles. The van der Waals surface area contributed by atoms with Crippen LogP contribution in [-0.2, 0) is 11.2 Å². The molecule has 1 aliphatic rings. The number of rotatable bonds is 6. The van der Waals surface area contributed by atoms with Gasteiger partial charge in [-0.15, -0.1) is 0 Å². The van der Waals surface area contributed by atoms with Crippen LogP contribution in [-0.4, -0.2) is 31.1 Å². The lowest BCUT2D eigenvalue weighted by molar-refractivity contribution is -0.119. The van der Waals surface area contributed by atoms with Crippen LogP contribution in [0, 0.1) is 0 Å². The first kappa shape index (κ1) is 17.8. The van der Waals surface area contributed by atoms with Gasteiger partial charge in [-0.3, -0.25) is 14.5 Å². The molecule has 0 bridgehead atoms. The quantitative estimate of drug-likeness (QED) is 0.864. The van der Waals surface area contributed by atoms with Crippen molar-refractivity contribution in [2.24, 2.45) is 5.73 Å². The Labute approximate surface area is 152 Å². The van der Waals surface area contributed by atoms with Gasteiger partial charge in [-0.2, -0.15) is 0 Å². The third kappa shape index (κ3) is 3.22. The molecular formula is C20H22N2O4. The number of fused-ring (bicyclic) bond motifs is 1. The minimum atomic E-state index is -0.693. The third-order valence-electron chi connectivity index (χ3n) is 4.31. The number of nitrogens with zero attached hydrogens (tertiary/aromatic N) is 1. The van der Waals surface area contributed by atoms with Crippen LogP contribution in [0.2, 0.25) is 0 Å². The molecule has 0 saturated carbocycles. The van der Waals surface area contributed by atoms with Crippen LogP contribution in [0.1, 0.15) is 29.8 Å². The maximum atomic E-state index is 13.2. The van der Waals surface area contributed by atoms with E-state index in [9.17, 15) is 9.59 Å². The predicted molar refractivity (Wildman–Crippen MR) is 98.7 cm³/mol. The van der Waals surface area contributed by atoms with Gasteiger partial charge in [-0.25, -0.2) is 0 Å². The second-order valence-corrected chi connectivity index (χ2v) is 5.95. The molecule has 1 heterocycles. The molecule has 2 aromatic carbocycles. The van der Waals surface area contributed by atoms with Crippen molar-refractivity contribution in [2.75, 3.05) is 18.1 Å². The Kier molecular flexibility index (Phi) is 5.11. The fourth-order valence-electron chi connectivity index (χ4n) is 3.19. The van der Waals surface area contributed by atoms with Crippen LogP contribution in [0.4, 0.5) is 5.69 Å². The molecular weight excluding hydrogens is 332 g/mol. The average molecular weight is 354 g/mol. The van der Waals surface area contributed by atoms with Crippen molar-refractivity contribution in [2.45, 2.75) is 26.3 Å². The van der Waals surface area contributed by atoms with Gasteiger partial charge in [-0.1, -0.05) is 18.2 Å². The van der Waals surface area contributed by atoms with Gasteiger partial charge in [0.15, 0.2) is 11.5 Å². The zero-order valence-corrected chi connectivity index (χ0v) is 14.9. The van der Waals surface area contributed by atoms with E-state index >= 15 is 0 Å². The smallest absolute Gasteiger partial charge is 0.259 e. The van der Waals surface area contributed by atoms with Crippen molar-refractivity contribution < 1.29 is 19.1 Å². The van der Waals surface area contributed by atoms with Gasteiger partial charge in [0.2, 0.25) is 5.91 Å². The number of hydrogen-bond donors (Lipinski definition) is 1. The highest BCUT2D eigenvalue weighted by molar-refractivity contribution is 6.11. The van der Waals surface area contributed by atoms with Crippen LogP contribution >= 0.6 is 0 Å². The van der Waals surface area contributed by atoms with E-state index < -0.39 is 11.9 Å². The molecule has 6 nitrogen and oxygen atoms in total. The zero-order chi connectivity index (χ0) is 18.7. The van der Waals surface area contributed by atoms with Crippen LogP contribution in [0.5, 0.6) is 11.5 Å². The molecule has 2 aromatic rings.